The Bertz CT molecular complexity index is 368. The molecule has 0 aliphatic rings. The second-order valence-electron chi connectivity index (χ2n) is 3.16. The molecule has 0 bridgehead atoms. The first kappa shape index (κ1) is 11.2. The van der Waals surface area contributed by atoms with Crippen LogP contribution in [-0.2, 0) is 4.79 Å². The van der Waals surface area contributed by atoms with Crippen molar-refractivity contribution in [1.82, 2.24) is 5.32 Å². The highest BCUT2D eigenvalue weighted by Gasteiger charge is 1.94. The summed E-state index contributed by atoms with van der Waals surface area (Å²) < 4.78 is 12.9. The number of hydrogen-bond donors (Lipinski definition) is 2. The molecule has 3 N–H and O–H groups in total. The van der Waals surface area contributed by atoms with Crippen LogP contribution >= 0.6 is 0 Å². The van der Waals surface area contributed by atoms with Gasteiger partial charge in [-0.3, -0.25) is 4.79 Å². The number of carbonyl (C=O) groups is 1. The van der Waals surface area contributed by atoms with Gasteiger partial charge in [0.25, 0.3) is 0 Å². The molecule has 1 rings (SSSR count). The number of rotatable bonds is 3. The Morgan fingerprint density at radius 1 is 1.53 bits per heavy atom. The van der Waals surface area contributed by atoms with Gasteiger partial charge >= 0.3 is 0 Å². The van der Waals surface area contributed by atoms with Crippen molar-refractivity contribution in [2.24, 2.45) is 0 Å². The van der Waals surface area contributed by atoms with Gasteiger partial charge in [0.2, 0.25) is 5.91 Å². The van der Waals surface area contributed by atoms with Crippen LogP contribution < -0.4 is 11.1 Å². The highest BCUT2D eigenvalue weighted by molar-refractivity contribution is 5.73. The van der Waals surface area contributed by atoms with E-state index in [0.29, 0.717) is 17.8 Å². The van der Waals surface area contributed by atoms with Gasteiger partial charge in [-0.25, -0.2) is 4.39 Å². The average molecular weight is 208 g/mol. The summed E-state index contributed by atoms with van der Waals surface area (Å²) in [4.78, 5) is 10.5. The molecule has 3 nitrogen and oxygen atoms in total. The van der Waals surface area contributed by atoms with Gasteiger partial charge in [-0.05, 0) is 23.8 Å². The SMILES string of the molecule is CC(=O)NCC=Cc1cc(N)cc(F)c1. The minimum absolute atomic E-state index is 0.0987. The Kier molecular flexibility index (Phi) is 3.85. The van der Waals surface area contributed by atoms with E-state index >= 15 is 0 Å². The third-order valence-electron chi connectivity index (χ3n) is 1.72. The Hall–Kier alpha value is -1.84. The molecule has 0 fully saturated rings. The van der Waals surface area contributed by atoms with Gasteiger partial charge in [0, 0.05) is 19.2 Å². The third-order valence-corrected chi connectivity index (χ3v) is 1.72. The van der Waals surface area contributed by atoms with E-state index in [4.69, 9.17) is 5.73 Å². The molecule has 0 heterocycles. The molecule has 4 heteroatoms. The predicted octanol–water partition coefficient (Wildman–Crippen LogP) is 1.56. The minimum atomic E-state index is -0.367. The molecule has 80 valence electrons. The molecule has 15 heavy (non-hydrogen) atoms. The maximum absolute atomic E-state index is 12.9. The Labute approximate surface area is 87.8 Å². The summed E-state index contributed by atoms with van der Waals surface area (Å²) in [6.45, 7) is 1.86. The lowest BCUT2D eigenvalue weighted by molar-refractivity contribution is -0.118. The second kappa shape index (κ2) is 5.14. The fourth-order valence-corrected chi connectivity index (χ4v) is 1.13. The van der Waals surface area contributed by atoms with Gasteiger partial charge in [-0.15, -0.1) is 0 Å². The van der Waals surface area contributed by atoms with Crippen LogP contribution in [0.1, 0.15) is 12.5 Å². The maximum Gasteiger partial charge on any atom is 0.217 e. The highest BCUT2D eigenvalue weighted by atomic mass is 19.1. The molecule has 0 radical (unpaired) electrons. The van der Waals surface area contributed by atoms with Crippen LogP contribution in [0.3, 0.4) is 0 Å². The zero-order chi connectivity index (χ0) is 11.3. The van der Waals surface area contributed by atoms with Crippen LogP contribution in [0.4, 0.5) is 10.1 Å². The molecule has 0 aliphatic carbocycles. The number of nitrogen functional groups attached to an aromatic ring is 1. The van der Waals surface area contributed by atoms with Gasteiger partial charge in [0.1, 0.15) is 5.82 Å². The molecule has 1 aromatic rings. The van der Waals surface area contributed by atoms with E-state index in [1.54, 1.807) is 18.2 Å². The molecule has 0 aromatic heterocycles. The van der Waals surface area contributed by atoms with Crippen LogP contribution in [0.15, 0.2) is 24.3 Å². The van der Waals surface area contributed by atoms with E-state index in [9.17, 15) is 9.18 Å². The Morgan fingerprint density at radius 3 is 2.87 bits per heavy atom. The molecular weight excluding hydrogens is 195 g/mol. The lowest BCUT2D eigenvalue weighted by Crippen LogP contribution is -2.19. The zero-order valence-electron chi connectivity index (χ0n) is 8.46. The molecule has 1 amide bonds. The number of anilines is 1. The van der Waals surface area contributed by atoms with E-state index in [-0.39, 0.29) is 11.7 Å². The largest absolute Gasteiger partial charge is 0.399 e. The van der Waals surface area contributed by atoms with Crippen molar-refractivity contribution in [2.75, 3.05) is 12.3 Å². The van der Waals surface area contributed by atoms with Crippen molar-refractivity contribution in [2.45, 2.75) is 6.92 Å². The van der Waals surface area contributed by atoms with Crippen molar-refractivity contribution >= 4 is 17.7 Å². The van der Waals surface area contributed by atoms with Gasteiger partial charge in [0.05, 0.1) is 0 Å². The monoisotopic (exact) mass is 208 g/mol. The van der Waals surface area contributed by atoms with Crippen molar-refractivity contribution in [3.05, 3.63) is 35.7 Å². The molecule has 0 atom stereocenters. The number of hydrogen-bond acceptors (Lipinski definition) is 2. The fourth-order valence-electron chi connectivity index (χ4n) is 1.13. The quantitative estimate of drug-likeness (QED) is 0.740. The third kappa shape index (κ3) is 4.26. The fraction of sp³-hybridized carbons (Fsp3) is 0.182. The number of benzene rings is 1. The lowest BCUT2D eigenvalue weighted by Gasteiger charge is -1.98. The number of nitrogens with two attached hydrogens (primary N) is 1. The van der Waals surface area contributed by atoms with E-state index in [0.717, 1.165) is 0 Å². The van der Waals surface area contributed by atoms with Crippen LogP contribution in [0, 0.1) is 5.82 Å². The van der Waals surface area contributed by atoms with Crippen molar-refractivity contribution in [3.63, 3.8) is 0 Å². The summed E-state index contributed by atoms with van der Waals surface area (Å²) in [5.74, 6) is -0.465. The van der Waals surface area contributed by atoms with Crippen molar-refractivity contribution in [1.29, 1.82) is 0 Å². The van der Waals surface area contributed by atoms with Crippen molar-refractivity contribution in [3.8, 4) is 0 Å². The number of carbonyl (C=O) groups excluding carboxylic acids is 1. The van der Waals surface area contributed by atoms with Crippen LogP contribution in [-0.4, -0.2) is 12.5 Å². The predicted molar refractivity (Wildman–Crippen MR) is 58.5 cm³/mol. The smallest absolute Gasteiger partial charge is 0.217 e. The Morgan fingerprint density at radius 2 is 2.27 bits per heavy atom. The molecule has 0 spiro atoms. The first-order valence-electron chi connectivity index (χ1n) is 4.55. The summed E-state index contributed by atoms with van der Waals surface area (Å²) in [6, 6.07) is 4.29. The Balaban J connectivity index is 2.60. The topological polar surface area (TPSA) is 55.1 Å². The first-order valence-corrected chi connectivity index (χ1v) is 4.55. The summed E-state index contributed by atoms with van der Waals surface area (Å²) in [5.41, 5.74) is 6.53. The molecule has 0 saturated heterocycles. The zero-order valence-corrected chi connectivity index (χ0v) is 8.46. The highest BCUT2D eigenvalue weighted by Crippen LogP contribution is 2.11. The van der Waals surface area contributed by atoms with Crippen LogP contribution in [0.5, 0.6) is 0 Å². The van der Waals surface area contributed by atoms with E-state index in [1.807, 2.05) is 0 Å². The molecule has 0 aliphatic heterocycles. The molecular formula is C11H13FN2O. The average Bonchev–Trinajstić information content (AvgIpc) is 2.10. The summed E-state index contributed by atoms with van der Waals surface area (Å²) in [5, 5.41) is 2.59. The van der Waals surface area contributed by atoms with Crippen molar-refractivity contribution < 1.29 is 9.18 Å². The summed E-state index contributed by atoms with van der Waals surface area (Å²) in [7, 11) is 0. The van der Waals surface area contributed by atoms with Crippen LogP contribution in [0.2, 0.25) is 0 Å². The summed E-state index contributed by atoms with van der Waals surface area (Å²) in [6.07, 6.45) is 3.44. The normalized spacial score (nSPS) is 10.5. The van der Waals surface area contributed by atoms with Crippen LogP contribution in [0.25, 0.3) is 6.08 Å². The lowest BCUT2D eigenvalue weighted by atomic mass is 10.2. The minimum Gasteiger partial charge on any atom is -0.399 e. The number of amides is 1. The number of nitrogens with one attached hydrogen (secondary N) is 1. The first-order chi connectivity index (χ1) is 7.08. The summed E-state index contributed by atoms with van der Waals surface area (Å²) >= 11 is 0. The van der Waals surface area contributed by atoms with Gasteiger partial charge in [0.15, 0.2) is 0 Å². The van der Waals surface area contributed by atoms with Gasteiger partial charge < -0.3 is 11.1 Å². The second-order valence-corrected chi connectivity index (χ2v) is 3.16. The van der Waals surface area contributed by atoms with Gasteiger partial charge in [-0.2, -0.15) is 0 Å². The molecule has 1 aromatic carbocycles. The van der Waals surface area contributed by atoms with E-state index in [1.165, 1.54) is 19.1 Å². The van der Waals surface area contributed by atoms with E-state index in [2.05, 4.69) is 5.32 Å². The van der Waals surface area contributed by atoms with Gasteiger partial charge in [-0.1, -0.05) is 12.2 Å². The molecule has 0 saturated carbocycles. The number of halogens is 1. The molecule has 0 unspecified atom stereocenters. The van der Waals surface area contributed by atoms with E-state index < -0.39 is 0 Å². The maximum atomic E-state index is 12.9. The standard InChI is InChI=1S/C11H13FN2O/c1-8(15)14-4-2-3-9-5-10(12)7-11(13)6-9/h2-3,5-7H,4,13H2,1H3,(H,14,15).